The largest absolute Gasteiger partial charge is 0.363 e. The lowest BCUT2D eigenvalue weighted by atomic mass is 10.0. The minimum atomic E-state index is 0.0634. The number of nitrogens with zero attached hydrogens (tertiary/aromatic N) is 6. The number of anilines is 1. The molecule has 3 rings (SSSR count). The van der Waals surface area contributed by atoms with Crippen molar-refractivity contribution in [2.24, 2.45) is 0 Å². The topological polar surface area (TPSA) is 72.9 Å². The Balaban J connectivity index is 1.71. The van der Waals surface area contributed by atoms with Crippen LogP contribution in [-0.2, 0) is 16.1 Å². The van der Waals surface area contributed by atoms with Crippen molar-refractivity contribution in [2.45, 2.75) is 64.5 Å². The molecule has 0 saturated carbocycles. The average molecular weight is 431 g/mol. The third-order valence-electron chi connectivity index (χ3n) is 6.30. The lowest BCUT2D eigenvalue weighted by Gasteiger charge is -2.24. The summed E-state index contributed by atoms with van der Waals surface area (Å²) >= 11 is 0. The van der Waals surface area contributed by atoms with Gasteiger partial charge in [-0.05, 0) is 39.8 Å². The fourth-order valence-electron chi connectivity index (χ4n) is 4.35. The first-order chi connectivity index (χ1) is 14.7. The molecule has 1 aromatic heterocycles. The number of carbonyl (C=O) groups excluding carboxylic acids is 2. The van der Waals surface area contributed by atoms with Crippen molar-refractivity contribution in [2.75, 3.05) is 52.2 Å². The summed E-state index contributed by atoms with van der Waals surface area (Å²) in [6.45, 7) is 7.59. The quantitative estimate of drug-likeness (QED) is 0.660. The number of rotatable bonds is 7. The molecule has 0 aliphatic carbocycles. The van der Waals surface area contributed by atoms with Gasteiger partial charge in [0.2, 0.25) is 11.8 Å². The van der Waals surface area contributed by atoms with E-state index in [-0.39, 0.29) is 23.8 Å². The summed E-state index contributed by atoms with van der Waals surface area (Å²) in [4.78, 5) is 42.5. The molecule has 0 unspecified atom stereocenters. The molecular formula is C23H38N6O2. The molecule has 31 heavy (non-hydrogen) atoms. The van der Waals surface area contributed by atoms with Crippen LogP contribution in [0.1, 0.15) is 63.4 Å². The minimum Gasteiger partial charge on any atom is -0.363 e. The molecule has 2 fully saturated rings. The van der Waals surface area contributed by atoms with E-state index in [2.05, 4.69) is 9.88 Å². The zero-order valence-electron chi connectivity index (χ0n) is 19.8. The van der Waals surface area contributed by atoms with Crippen molar-refractivity contribution in [3.05, 3.63) is 17.6 Å². The molecule has 0 spiro atoms. The van der Waals surface area contributed by atoms with Crippen LogP contribution >= 0.6 is 0 Å². The first-order valence-corrected chi connectivity index (χ1v) is 11.6. The molecule has 2 saturated heterocycles. The maximum atomic E-state index is 12.8. The third-order valence-corrected chi connectivity index (χ3v) is 6.30. The number of amides is 2. The summed E-state index contributed by atoms with van der Waals surface area (Å²) in [5.41, 5.74) is 0.888. The van der Waals surface area contributed by atoms with Crippen LogP contribution < -0.4 is 4.90 Å². The molecule has 0 radical (unpaired) electrons. The van der Waals surface area contributed by atoms with Gasteiger partial charge in [-0.25, -0.2) is 9.97 Å². The molecule has 2 aliphatic rings. The Bertz CT molecular complexity index is 773. The van der Waals surface area contributed by atoms with E-state index in [1.54, 1.807) is 4.90 Å². The Hall–Kier alpha value is -2.22. The van der Waals surface area contributed by atoms with Gasteiger partial charge in [0.05, 0.1) is 18.8 Å². The van der Waals surface area contributed by atoms with Gasteiger partial charge < -0.3 is 14.7 Å². The fraction of sp³-hybridized carbons (Fsp3) is 0.739. The molecule has 0 aromatic carbocycles. The normalized spacial score (nSPS) is 20.3. The zero-order chi connectivity index (χ0) is 22.5. The SMILES string of the molecule is CC(C)N1C[C@@H](c2cc(N(C)C)nc(CN(C)C(=O)CN3CCCCCC3)n2)CC1=O. The van der Waals surface area contributed by atoms with Crippen molar-refractivity contribution in [3.63, 3.8) is 0 Å². The summed E-state index contributed by atoms with van der Waals surface area (Å²) in [6.07, 6.45) is 5.33. The number of hydrogen-bond acceptors (Lipinski definition) is 6. The molecule has 2 amide bonds. The number of hydrogen-bond donors (Lipinski definition) is 0. The second-order valence-electron chi connectivity index (χ2n) is 9.44. The average Bonchev–Trinajstić information content (AvgIpc) is 2.93. The Morgan fingerprint density at radius 2 is 1.81 bits per heavy atom. The lowest BCUT2D eigenvalue weighted by molar-refractivity contribution is -0.132. The first-order valence-electron chi connectivity index (χ1n) is 11.6. The lowest BCUT2D eigenvalue weighted by Crippen LogP contribution is -2.39. The summed E-state index contributed by atoms with van der Waals surface area (Å²) in [5, 5.41) is 0. The Morgan fingerprint density at radius 1 is 1.13 bits per heavy atom. The fourth-order valence-corrected chi connectivity index (χ4v) is 4.35. The van der Waals surface area contributed by atoms with Crippen molar-refractivity contribution >= 4 is 17.6 Å². The molecule has 172 valence electrons. The highest BCUT2D eigenvalue weighted by Crippen LogP contribution is 2.30. The molecule has 1 aromatic rings. The molecule has 3 heterocycles. The van der Waals surface area contributed by atoms with E-state index in [0.717, 1.165) is 24.6 Å². The van der Waals surface area contributed by atoms with Crippen LogP contribution in [0.25, 0.3) is 0 Å². The Labute approximate surface area is 186 Å². The van der Waals surface area contributed by atoms with E-state index in [1.165, 1.54) is 25.7 Å². The van der Waals surface area contributed by atoms with Gasteiger partial charge >= 0.3 is 0 Å². The summed E-state index contributed by atoms with van der Waals surface area (Å²) in [6, 6.07) is 2.17. The van der Waals surface area contributed by atoms with Crippen molar-refractivity contribution in [1.82, 2.24) is 24.7 Å². The predicted molar refractivity (Wildman–Crippen MR) is 122 cm³/mol. The van der Waals surface area contributed by atoms with Gasteiger partial charge in [0, 0.05) is 52.1 Å². The van der Waals surface area contributed by atoms with E-state index >= 15 is 0 Å². The first kappa shape index (κ1) is 23.4. The summed E-state index contributed by atoms with van der Waals surface area (Å²) in [5.74, 6) is 1.78. The maximum absolute atomic E-state index is 12.8. The van der Waals surface area contributed by atoms with E-state index < -0.39 is 0 Å². The minimum absolute atomic E-state index is 0.0634. The van der Waals surface area contributed by atoms with Crippen LogP contribution in [0.4, 0.5) is 5.82 Å². The molecular weight excluding hydrogens is 392 g/mol. The number of aromatic nitrogens is 2. The standard InChI is InChI=1S/C23H38N6O2/c1-17(2)29-14-18(12-22(29)30)19-13-21(26(3)4)25-20(24-19)15-27(5)23(31)16-28-10-8-6-7-9-11-28/h13,17-18H,6-12,14-16H2,1-5H3/t18-/m0/s1. The second kappa shape index (κ2) is 10.4. The van der Waals surface area contributed by atoms with Gasteiger partial charge in [0.15, 0.2) is 0 Å². The van der Waals surface area contributed by atoms with E-state index in [1.807, 2.05) is 50.9 Å². The third kappa shape index (κ3) is 6.15. The number of likely N-dealkylation sites (N-methyl/N-ethyl adjacent to an activating group) is 1. The molecule has 0 N–H and O–H groups in total. The van der Waals surface area contributed by atoms with Crippen LogP contribution in [0.15, 0.2) is 6.07 Å². The van der Waals surface area contributed by atoms with Gasteiger partial charge in [0.1, 0.15) is 11.6 Å². The summed E-state index contributed by atoms with van der Waals surface area (Å²) < 4.78 is 0. The highest BCUT2D eigenvalue weighted by atomic mass is 16.2. The predicted octanol–water partition coefficient (Wildman–Crippen LogP) is 2.10. The van der Waals surface area contributed by atoms with Crippen LogP contribution in [0.2, 0.25) is 0 Å². The smallest absolute Gasteiger partial charge is 0.236 e. The van der Waals surface area contributed by atoms with Crippen molar-refractivity contribution < 1.29 is 9.59 Å². The second-order valence-corrected chi connectivity index (χ2v) is 9.44. The van der Waals surface area contributed by atoms with Gasteiger partial charge in [-0.2, -0.15) is 0 Å². The van der Waals surface area contributed by atoms with Crippen LogP contribution in [0.5, 0.6) is 0 Å². The van der Waals surface area contributed by atoms with Crippen molar-refractivity contribution in [3.8, 4) is 0 Å². The van der Waals surface area contributed by atoms with E-state index in [9.17, 15) is 9.59 Å². The monoisotopic (exact) mass is 430 g/mol. The number of carbonyl (C=O) groups is 2. The van der Waals surface area contributed by atoms with E-state index in [0.29, 0.717) is 31.9 Å². The van der Waals surface area contributed by atoms with E-state index in [4.69, 9.17) is 4.98 Å². The highest BCUT2D eigenvalue weighted by molar-refractivity contribution is 5.80. The highest BCUT2D eigenvalue weighted by Gasteiger charge is 2.33. The van der Waals surface area contributed by atoms with Crippen LogP contribution in [-0.4, -0.2) is 89.8 Å². The summed E-state index contributed by atoms with van der Waals surface area (Å²) in [7, 11) is 5.72. The van der Waals surface area contributed by atoms with Crippen molar-refractivity contribution in [1.29, 1.82) is 0 Å². The molecule has 0 bridgehead atoms. The maximum Gasteiger partial charge on any atom is 0.236 e. The van der Waals surface area contributed by atoms with Gasteiger partial charge in [-0.3, -0.25) is 14.5 Å². The Kier molecular flexibility index (Phi) is 7.86. The molecule has 1 atom stereocenters. The van der Waals surface area contributed by atoms with Crippen LogP contribution in [0, 0.1) is 0 Å². The Morgan fingerprint density at radius 3 is 2.39 bits per heavy atom. The zero-order valence-corrected chi connectivity index (χ0v) is 19.8. The van der Waals surface area contributed by atoms with Crippen LogP contribution in [0.3, 0.4) is 0 Å². The van der Waals surface area contributed by atoms with Gasteiger partial charge in [-0.1, -0.05) is 12.8 Å². The molecule has 8 nitrogen and oxygen atoms in total. The van der Waals surface area contributed by atoms with Gasteiger partial charge in [0.25, 0.3) is 0 Å². The number of likely N-dealkylation sites (tertiary alicyclic amines) is 2. The van der Waals surface area contributed by atoms with Gasteiger partial charge in [-0.15, -0.1) is 0 Å². The molecule has 2 aliphatic heterocycles. The molecule has 8 heteroatoms.